The number of nitrogens with one attached hydrogen (secondary N) is 2. The number of hydrogen-bond donors (Lipinski definition) is 2. The van der Waals surface area contributed by atoms with Crippen LogP contribution in [-0.4, -0.2) is 15.9 Å². The Morgan fingerprint density at radius 1 is 0.929 bits per heavy atom. The molecule has 1 heterocycles. The fourth-order valence-corrected chi connectivity index (χ4v) is 2.53. The highest BCUT2D eigenvalue weighted by Gasteiger charge is 2.30. The van der Waals surface area contributed by atoms with Crippen molar-refractivity contribution in [1.29, 1.82) is 0 Å². The van der Waals surface area contributed by atoms with Gasteiger partial charge < -0.3 is 10.6 Å². The summed E-state index contributed by atoms with van der Waals surface area (Å²) in [6, 6.07) is 13.3. The molecule has 0 aliphatic heterocycles. The number of alkyl halides is 3. The predicted octanol–water partition coefficient (Wildman–Crippen LogP) is 5.11. The van der Waals surface area contributed by atoms with Crippen LogP contribution in [0.15, 0.2) is 54.6 Å². The van der Waals surface area contributed by atoms with Crippen molar-refractivity contribution in [2.75, 3.05) is 10.6 Å². The molecule has 0 fully saturated rings. The van der Waals surface area contributed by atoms with Crippen LogP contribution in [0.1, 0.15) is 27.3 Å². The van der Waals surface area contributed by atoms with Crippen LogP contribution >= 0.6 is 0 Å². The summed E-state index contributed by atoms with van der Waals surface area (Å²) in [7, 11) is 0. The number of carbonyl (C=O) groups is 1. The van der Waals surface area contributed by atoms with Crippen molar-refractivity contribution < 1.29 is 18.0 Å². The highest BCUT2D eigenvalue weighted by molar-refractivity contribution is 6.03. The van der Waals surface area contributed by atoms with Crippen LogP contribution in [0.2, 0.25) is 0 Å². The second-order valence-electron chi connectivity index (χ2n) is 6.24. The Kier molecular flexibility index (Phi) is 5.30. The molecule has 0 unspecified atom stereocenters. The maximum Gasteiger partial charge on any atom is 0.416 e. The molecule has 0 saturated heterocycles. The van der Waals surface area contributed by atoms with E-state index in [-0.39, 0.29) is 17.3 Å². The molecular formula is C20H17F3N4O. The molecule has 0 saturated carbocycles. The van der Waals surface area contributed by atoms with Crippen LogP contribution < -0.4 is 10.6 Å². The van der Waals surface area contributed by atoms with Crippen LogP contribution in [0.5, 0.6) is 0 Å². The first kappa shape index (κ1) is 19.3. The Balaban J connectivity index is 1.77. The summed E-state index contributed by atoms with van der Waals surface area (Å²) in [6.45, 7) is 3.67. The lowest BCUT2D eigenvalue weighted by atomic mass is 10.2. The number of nitrogens with zero attached hydrogens (tertiary/aromatic N) is 2. The van der Waals surface area contributed by atoms with Gasteiger partial charge in [-0.25, -0.2) is 9.97 Å². The van der Waals surface area contributed by atoms with Crippen molar-refractivity contribution in [1.82, 2.24) is 9.97 Å². The van der Waals surface area contributed by atoms with E-state index in [9.17, 15) is 18.0 Å². The van der Waals surface area contributed by atoms with Gasteiger partial charge in [-0.15, -0.1) is 0 Å². The number of halogens is 3. The number of carbonyl (C=O) groups excluding carboxylic acids is 1. The van der Waals surface area contributed by atoms with Gasteiger partial charge in [0.2, 0.25) is 5.95 Å². The summed E-state index contributed by atoms with van der Waals surface area (Å²) in [5.41, 5.74) is 1.96. The predicted molar refractivity (Wildman–Crippen MR) is 101 cm³/mol. The van der Waals surface area contributed by atoms with E-state index in [0.717, 1.165) is 23.4 Å². The second-order valence-corrected chi connectivity index (χ2v) is 6.24. The molecule has 0 aliphatic rings. The number of hydrogen-bond acceptors (Lipinski definition) is 4. The summed E-state index contributed by atoms with van der Waals surface area (Å²) in [5, 5.41) is 5.58. The number of benzene rings is 2. The van der Waals surface area contributed by atoms with Gasteiger partial charge in [-0.2, -0.15) is 13.2 Å². The lowest BCUT2D eigenvalue weighted by Crippen LogP contribution is -2.15. The lowest BCUT2D eigenvalue weighted by Gasteiger charge is -2.10. The molecule has 1 amide bonds. The van der Waals surface area contributed by atoms with Gasteiger partial charge in [0.1, 0.15) is 5.69 Å². The Labute approximate surface area is 159 Å². The van der Waals surface area contributed by atoms with Gasteiger partial charge in [-0.05, 0) is 61.9 Å². The first-order valence-corrected chi connectivity index (χ1v) is 8.39. The van der Waals surface area contributed by atoms with Gasteiger partial charge >= 0.3 is 6.18 Å². The van der Waals surface area contributed by atoms with Crippen molar-refractivity contribution >= 4 is 23.2 Å². The second kappa shape index (κ2) is 7.67. The van der Waals surface area contributed by atoms with Crippen molar-refractivity contribution in [3.63, 3.8) is 0 Å². The van der Waals surface area contributed by atoms with E-state index in [4.69, 9.17) is 0 Å². The lowest BCUT2D eigenvalue weighted by molar-refractivity contribution is -0.137. The van der Waals surface area contributed by atoms with Crippen LogP contribution in [-0.2, 0) is 6.18 Å². The molecule has 1 aromatic heterocycles. The van der Waals surface area contributed by atoms with Crippen LogP contribution in [0.3, 0.4) is 0 Å². The summed E-state index contributed by atoms with van der Waals surface area (Å²) in [4.78, 5) is 20.9. The third-order valence-corrected chi connectivity index (χ3v) is 3.83. The zero-order valence-corrected chi connectivity index (χ0v) is 15.1. The average molecular weight is 386 g/mol. The number of anilines is 3. The summed E-state index contributed by atoms with van der Waals surface area (Å²) in [6.07, 6.45) is -4.43. The quantitative estimate of drug-likeness (QED) is 0.654. The summed E-state index contributed by atoms with van der Waals surface area (Å²) < 4.78 is 37.9. The Hall–Kier alpha value is -3.42. The molecule has 0 bridgehead atoms. The number of amides is 1. The Morgan fingerprint density at radius 3 is 2.29 bits per heavy atom. The molecule has 0 radical (unpaired) electrons. The maximum absolute atomic E-state index is 12.6. The third kappa shape index (κ3) is 4.85. The minimum absolute atomic E-state index is 0.0996. The molecule has 5 nitrogen and oxygen atoms in total. The zero-order chi connectivity index (χ0) is 20.3. The van der Waals surface area contributed by atoms with Gasteiger partial charge in [0.15, 0.2) is 0 Å². The minimum atomic E-state index is -4.43. The van der Waals surface area contributed by atoms with E-state index in [0.29, 0.717) is 5.69 Å². The van der Waals surface area contributed by atoms with Crippen LogP contribution in [0, 0.1) is 13.8 Å². The fraction of sp³-hybridized carbons (Fsp3) is 0.150. The molecule has 0 atom stereocenters. The molecule has 2 N–H and O–H groups in total. The van der Waals surface area contributed by atoms with E-state index in [1.807, 2.05) is 31.2 Å². The highest BCUT2D eigenvalue weighted by Crippen LogP contribution is 2.29. The SMILES string of the molecule is Cc1cccc(Nc2nc(C)cc(C(=O)Nc3ccc(C(F)(F)F)cc3)n2)c1. The molecule has 144 valence electrons. The third-order valence-electron chi connectivity index (χ3n) is 3.83. The largest absolute Gasteiger partial charge is 0.416 e. The molecule has 0 spiro atoms. The number of aryl methyl sites for hydroxylation is 2. The number of aromatic nitrogens is 2. The molecule has 2 aromatic carbocycles. The van der Waals surface area contributed by atoms with Gasteiger partial charge in [0.05, 0.1) is 5.56 Å². The molecule has 0 aliphatic carbocycles. The fourth-order valence-electron chi connectivity index (χ4n) is 2.53. The average Bonchev–Trinajstić information content (AvgIpc) is 2.61. The molecule has 28 heavy (non-hydrogen) atoms. The first-order chi connectivity index (χ1) is 13.2. The van der Waals surface area contributed by atoms with Crippen molar-refractivity contribution in [3.05, 3.63) is 77.1 Å². The smallest absolute Gasteiger partial charge is 0.324 e. The molecular weight excluding hydrogens is 369 g/mol. The number of rotatable bonds is 4. The minimum Gasteiger partial charge on any atom is -0.324 e. The molecule has 3 aromatic rings. The van der Waals surface area contributed by atoms with Gasteiger partial charge in [0, 0.05) is 17.1 Å². The topological polar surface area (TPSA) is 66.9 Å². The summed E-state index contributed by atoms with van der Waals surface area (Å²) in [5.74, 6) is -0.291. The standard InChI is InChI=1S/C20H17F3N4O/c1-12-4-3-5-16(10-12)26-19-24-13(2)11-17(27-19)18(28)25-15-8-6-14(7-9-15)20(21,22)23/h3-11H,1-2H3,(H,25,28)(H,24,26,27). The Bertz CT molecular complexity index is 1000. The van der Waals surface area contributed by atoms with Crippen LogP contribution in [0.4, 0.5) is 30.5 Å². The van der Waals surface area contributed by atoms with E-state index < -0.39 is 17.6 Å². The molecule has 8 heteroatoms. The molecule has 3 rings (SSSR count). The van der Waals surface area contributed by atoms with E-state index >= 15 is 0 Å². The Morgan fingerprint density at radius 2 is 1.64 bits per heavy atom. The van der Waals surface area contributed by atoms with E-state index in [2.05, 4.69) is 20.6 Å². The van der Waals surface area contributed by atoms with Gasteiger partial charge in [0.25, 0.3) is 5.91 Å². The van der Waals surface area contributed by atoms with E-state index in [1.165, 1.54) is 18.2 Å². The van der Waals surface area contributed by atoms with Crippen molar-refractivity contribution in [2.45, 2.75) is 20.0 Å². The van der Waals surface area contributed by atoms with Gasteiger partial charge in [-0.1, -0.05) is 12.1 Å². The summed E-state index contributed by atoms with van der Waals surface area (Å²) >= 11 is 0. The first-order valence-electron chi connectivity index (χ1n) is 8.39. The van der Waals surface area contributed by atoms with Gasteiger partial charge in [-0.3, -0.25) is 4.79 Å². The van der Waals surface area contributed by atoms with Crippen molar-refractivity contribution in [2.24, 2.45) is 0 Å². The monoisotopic (exact) mass is 386 g/mol. The highest BCUT2D eigenvalue weighted by atomic mass is 19.4. The van der Waals surface area contributed by atoms with Crippen molar-refractivity contribution in [3.8, 4) is 0 Å². The van der Waals surface area contributed by atoms with Crippen LogP contribution in [0.25, 0.3) is 0 Å². The normalized spacial score (nSPS) is 11.2. The zero-order valence-electron chi connectivity index (χ0n) is 15.1. The maximum atomic E-state index is 12.6. The van der Waals surface area contributed by atoms with E-state index in [1.54, 1.807) is 6.92 Å².